The maximum Gasteiger partial charge on any atom is 0.342 e. The first kappa shape index (κ1) is 18.6. The average Bonchev–Trinajstić information content (AvgIpc) is 3.20. The summed E-state index contributed by atoms with van der Waals surface area (Å²) in [7, 11) is 0. The Balaban J connectivity index is 1.68. The number of esters is 1. The van der Waals surface area contributed by atoms with Gasteiger partial charge in [0.1, 0.15) is 29.5 Å². The number of hydrogen-bond acceptors (Lipinski definition) is 3. The fourth-order valence-electron chi connectivity index (χ4n) is 2.89. The van der Waals surface area contributed by atoms with E-state index < -0.39 is 11.8 Å². The standard InChI is InChI=1S/C23H16F2N2O2/c24-18-12-10-16(11-13-18)22-20(14-27(26-22)19-7-2-1-3-8-19)23(28)29-15-17-6-4-5-9-21(17)25/h1-14H,15H2. The van der Waals surface area contributed by atoms with Gasteiger partial charge in [-0.05, 0) is 42.5 Å². The summed E-state index contributed by atoms with van der Waals surface area (Å²) in [6.45, 7) is -0.203. The van der Waals surface area contributed by atoms with E-state index in [1.807, 2.05) is 30.3 Å². The van der Waals surface area contributed by atoms with E-state index in [-0.39, 0.29) is 23.6 Å². The van der Waals surface area contributed by atoms with E-state index in [1.54, 1.807) is 41.2 Å². The maximum absolute atomic E-state index is 13.8. The molecule has 6 heteroatoms. The summed E-state index contributed by atoms with van der Waals surface area (Å²) in [5.41, 5.74) is 2.16. The lowest BCUT2D eigenvalue weighted by atomic mass is 10.1. The van der Waals surface area contributed by atoms with Crippen LogP contribution in [0.1, 0.15) is 15.9 Å². The van der Waals surface area contributed by atoms with Crippen molar-refractivity contribution >= 4 is 5.97 Å². The molecule has 0 radical (unpaired) electrons. The lowest BCUT2D eigenvalue weighted by Crippen LogP contribution is -2.06. The SMILES string of the molecule is O=C(OCc1ccccc1F)c1cn(-c2ccccc2)nc1-c1ccc(F)cc1. The zero-order valence-electron chi connectivity index (χ0n) is 15.3. The minimum absolute atomic E-state index is 0.203. The first-order valence-electron chi connectivity index (χ1n) is 8.93. The highest BCUT2D eigenvalue weighted by Crippen LogP contribution is 2.25. The van der Waals surface area contributed by atoms with Crippen LogP contribution in [0.25, 0.3) is 16.9 Å². The Morgan fingerprint density at radius 1 is 0.897 bits per heavy atom. The fourth-order valence-corrected chi connectivity index (χ4v) is 2.89. The topological polar surface area (TPSA) is 44.1 Å². The number of aromatic nitrogens is 2. The number of hydrogen-bond donors (Lipinski definition) is 0. The molecule has 0 aliphatic rings. The van der Waals surface area contributed by atoms with E-state index in [0.717, 1.165) is 5.69 Å². The molecule has 0 bridgehead atoms. The molecule has 0 saturated carbocycles. The zero-order valence-corrected chi connectivity index (χ0v) is 15.3. The third-order valence-corrected chi connectivity index (χ3v) is 4.39. The smallest absolute Gasteiger partial charge is 0.342 e. The van der Waals surface area contributed by atoms with E-state index in [4.69, 9.17) is 4.74 Å². The predicted molar refractivity (Wildman–Crippen MR) is 104 cm³/mol. The lowest BCUT2D eigenvalue weighted by molar-refractivity contribution is 0.0470. The molecule has 0 N–H and O–H groups in total. The third kappa shape index (κ3) is 4.06. The van der Waals surface area contributed by atoms with Crippen LogP contribution >= 0.6 is 0 Å². The molecule has 4 aromatic rings. The van der Waals surface area contributed by atoms with Gasteiger partial charge in [-0.15, -0.1) is 0 Å². The second-order valence-corrected chi connectivity index (χ2v) is 6.35. The quantitative estimate of drug-likeness (QED) is 0.442. The van der Waals surface area contributed by atoms with Crippen LogP contribution in [0.15, 0.2) is 85.1 Å². The highest BCUT2D eigenvalue weighted by molar-refractivity contribution is 5.96. The van der Waals surface area contributed by atoms with Crippen LogP contribution in [0.5, 0.6) is 0 Å². The van der Waals surface area contributed by atoms with E-state index in [0.29, 0.717) is 11.3 Å². The van der Waals surface area contributed by atoms with Crippen LogP contribution in [0.4, 0.5) is 8.78 Å². The monoisotopic (exact) mass is 390 g/mol. The summed E-state index contributed by atoms with van der Waals surface area (Å²) >= 11 is 0. The van der Waals surface area contributed by atoms with Crippen molar-refractivity contribution in [2.75, 3.05) is 0 Å². The molecule has 3 aromatic carbocycles. The lowest BCUT2D eigenvalue weighted by Gasteiger charge is -2.06. The summed E-state index contributed by atoms with van der Waals surface area (Å²) in [5.74, 6) is -1.48. The van der Waals surface area contributed by atoms with E-state index in [1.165, 1.54) is 18.2 Å². The van der Waals surface area contributed by atoms with Gasteiger partial charge in [0.25, 0.3) is 0 Å². The minimum atomic E-state index is -0.644. The summed E-state index contributed by atoms with van der Waals surface area (Å²) in [5, 5.41) is 4.49. The van der Waals surface area contributed by atoms with Crippen LogP contribution in [-0.4, -0.2) is 15.7 Å². The molecule has 4 nitrogen and oxygen atoms in total. The number of ether oxygens (including phenoxy) is 1. The number of halogens is 2. The predicted octanol–water partition coefficient (Wildman–Crippen LogP) is 5.17. The molecule has 29 heavy (non-hydrogen) atoms. The summed E-state index contributed by atoms with van der Waals surface area (Å²) in [6, 6.07) is 21.0. The maximum atomic E-state index is 13.8. The van der Waals surface area contributed by atoms with Gasteiger partial charge < -0.3 is 4.74 Å². The molecule has 1 heterocycles. The van der Waals surface area contributed by atoms with Gasteiger partial charge in [-0.2, -0.15) is 5.10 Å². The highest BCUT2D eigenvalue weighted by Gasteiger charge is 2.20. The first-order chi connectivity index (χ1) is 14.1. The second kappa shape index (κ2) is 8.06. The van der Waals surface area contributed by atoms with Crippen LogP contribution < -0.4 is 0 Å². The Morgan fingerprint density at radius 2 is 1.59 bits per heavy atom. The van der Waals surface area contributed by atoms with Gasteiger partial charge in [-0.25, -0.2) is 18.3 Å². The molecular formula is C23H16F2N2O2. The molecule has 0 spiro atoms. The minimum Gasteiger partial charge on any atom is -0.457 e. The summed E-state index contributed by atoms with van der Waals surface area (Å²) < 4.78 is 34.0. The van der Waals surface area contributed by atoms with Gasteiger partial charge in [-0.1, -0.05) is 36.4 Å². The zero-order chi connectivity index (χ0) is 20.2. The molecule has 144 valence electrons. The number of carbonyl (C=O) groups is 1. The molecule has 1 aromatic heterocycles. The molecule has 0 aliphatic carbocycles. The Bertz CT molecular complexity index is 1140. The molecule has 0 atom stereocenters. The van der Waals surface area contributed by atoms with Crippen molar-refractivity contribution in [1.29, 1.82) is 0 Å². The Morgan fingerprint density at radius 3 is 2.31 bits per heavy atom. The second-order valence-electron chi connectivity index (χ2n) is 6.35. The third-order valence-electron chi connectivity index (χ3n) is 4.39. The summed E-state index contributed by atoms with van der Waals surface area (Å²) in [4.78, 5) is 12.8. The van der Waals surface area contributed by atoms with Gasteiger partial charge in [0.05, 0.1) is 5.69 Å². The number of rotatable bonds is 5. The molecule has 4 rings (SSSR count). The molecule has 0 amide bonds. The molecule has 0 aliphatic heterocycles. The van der Waals surface area contributed by atoms with Crippen molar-refractivity contribution in [3.05, 3.63) is 108 Å². The van der Waals surface area contributed by atoms with Crippen molar-refractivity contribution < 1.29 is 18.3 Å². The number of para-hydroxylation sites is 1. The van der Waals surface area contributed by atoms with Crippen molar-refractivity contribution in [2.24, 2.45) is 0 Å². The van der Waals surface area contributed by atoms with Gasteiger partial charge >= 0.3 is 5.97 Å². The molecule has 0 unspecified atom stereocenters. The van der Waals surface area contributed by atoms with Crippen LogP contribution in [0.3, 0.4) is 0 Å². The van der Waals surface area contributed by atoms with Crippen molar-refractivity contribution in [1.82, 2.24) is 9.78 Å². The van der Waals surface area contributed by atoms with Crippen molar-refractivity contribution in [3.63, 3.8) is 0 Å². The Kier molecular flexibility index (Phi) is 5.16. The van der Waals surface area contributed by atoms with E-state index in [9.17, 15) is 13.6 Å². The molecule has 0 fully saturated rings. The molecule has 0 saturated heterocycles. The highest BCUT2D eigenvalue weighted by atomic mass is 19.1. The molecular weight excluding hydrogens is 374 g/mol. The van der Waals surface area contributed by atoms with Crippen LogP contribution in [0.2, 0.25) is 0 Å². The average molecular weight is 390 g/mol. The van der Waals surface area contributed by atoms with Gasteiger partial charge in [0.2, 0.25) is 0 Å². The van der Waals surface area contributed by atoms with E-state index in [2.05, 4.69) is 5.10 Å². The van der Waals surface area contributed by atoms with Gasteiger partial charge in [0.15, 0.2) is 0 Å². The Hall–Kier alpha value is -3.80. The van der Waals surface area contributed by atoms with Gasteiger partial charge in [0, 0.05) is 17.3 Å². The van der Waals surface area contributed by atoms with Crippen LogP contribution in [0, 0.1) is 11.6 Å². The number of nitrogens with zero attached hydrogens (tertiary/aromatic N) is 2. The normalized spacial score (nSPS) is 10.7. The van der Waals surface area contributed by atoms with Crippen molar-refractivity contribution in [3.8, 4) is 16.9 Å². The number of carbonyl (C=O) groups excluding carboxylic acids is 1. The Labute approximate surface area is 166 Å². The fraction of sp³-hybridized carbons (Fsp3) is 0.0435. The largest absolute Gasteiger partial charge is 0.457 e. The van der Waals surface area contributed by atoms with Gasteiger partial charge in [-0.3, -0.25) is 0 Å². The first-order valence-corrected chi connectivity index (χ1v) is 8.93. The van der Waals surface area contributed by atoms with Crippen molar-refractivity contribution in [2.45, 2.75) is 6.61 Å². The van der Waals surface area contributed by atoms with Crippen LogP contribution in [-0.2, 0) is 11.3 Å². The van der Waals surface area contributed by atoms with E-state index >= 15 is 0 Å². The number of benzene rings is 3. The summed E-state index contributed by atoms with van der Waals surface area (Å²) in [6.07, 6.45) is 1.55.